The number of aryl methyl sites for hydroxylation is 1. The fourth-order valence-corrected chi connectivity index (χ4v) is 4.47. The third-order valence-corrected chi connectivity index (χ3v) is 6.01. The number of para-hydroxylation sites is 2. The standard InChI is InChI=1S/C26H22ClN3O/c1-18-8-2-4-12-22(18)28-26(31)30-17-20-9-3-5-13-23(20)29-15-7-14-24(29)25(30)19-10-6-11-21(27)16-19/h2-16,25H,17H2,1H3,(H,28,31). The molecule has 1 unspecified atom stereocenters. The van der Waals surface area contributed by atoms with Crippen molar-refractivity contribution in [3.05, 3.63) is 119 Å². The van der Waals surface area contributed by atoms with Crippen LogP contribution in [-0.2, 0) is 6.54 Å². The third kappa shape index (κ3) is 3.60. The quantitative estimate of drug-likeness (QED) is 0.385. The molecule has 1 atom stereocenters. The second kappa shape index (κ2) is 7.97. The fraction of sp³-hybridized carbons (Fsp3) is 0.115. The summed E-state index contributed by atoms with van der Waals surface area (Å²) in [7, 11) is 0. The van der Waals surface area contributed by atoms with E-state index in [2.05, 4.69) is 34.3 Å². The molecule has 5 heteroatoms. The zero-order valence-electron chi connectivity index (χ0n) is 17.1. The van der Waals surface area contributed by atoms with Crippen LogP contribution in [0, 0.1) is 6.92 Å². The van der Waals surface area contributed by atoms with Gasteiger partial charge in [0.1, 0.15) is 0 Å². The topological polar surface area (TPSA) is 37.3 Å². The summed E-state index contributed by atoms with van der Waals surface area (Å²) in [5.41, 5.74) is 6.00. The Hall–Kier alpha value is -3.50. The van der Waals surface area contributed by atoms with E-state index in [4.69, 9.17) is 11.6 Å². The van der Waals surface area contributed by atoms with Gasteiger partial charge >= 0.3 is 6.03 Å². The van der Waals surface area contributed by atoms with E-state index in [0.29, 0.717) is 11.6 Å². The van der Waals surface area contributed by atoms with E-state index < -0.39 is 0 Å². The second-order valence-electron chi connectivity index (χ2n) is 7.76. The highest BCUT2D eigenvalue weighted by Gasteiger charge is 2.33. The van der Waals surface area contributed by atoms with Crippen molar-refractivity contribution < 1.29 is 4.79 Å². The van der Waals surface area contributed by atoms with Crippen molar-refractivity contribution in [1.29, 1.82) is 0 Å². The number of amides is 2. The molecule has 5 rings (SSSR count). The van der Waals surface area contributed by atoms with Crippen LogP contribution < -0.4 is 5.32 Å². The van der Waals surface area contributed by atoms with Gasteiger partial charge in [-0.1, -0.05) is 60.1 Å². The van der Waals surface area contributed by atoms with Gasteiger partial charge in [-0.3, -0.25) is 0 Å². The predicted octanol–water partition coefficient (Wildman–Crippen LogP) is 6.58. The Balaban J connectivity index is 1.65. The lowest BCUT2D eigenvalue weighted by Crippen LogP contribution is -2.38. The molecule has 0 bridgehead atoms. The highest BCUT2D eigenvalue weighted by atomic mass is 35.5. The first-order valence-electron chi connectivity index (χ1n) is 10.3. The number of hydrogen-bond donors (Lipinski definition) is 1. The van der Waals surface area contributed by atoms with Gasteiger partial charge in [-0.15, -0.1) is 0 Å². The van der Waals surface area contributed by atoms with Gasteiger partial charge in [-0.05, 0) is 60.0 Å². The van der Waals surface area contributed by atoms with Gasteiger partial charge in [-0.2, -0.15) is 0 Å². The van der Waals surface area contributed by atoms with Crippen LogP contribution in [0.3, 0.4) is 0 Å². The van der Waals surface area contributed by atoms with Crippen molar-refractivity contribution in [3.63, 3.8) is 0 Å². The molecular weight excluding hydrogens is 406 g/mol. The Kier molecular flexibility index (Phi) is 5.00. The molecular formula is C26H22ClN3O. The lowest BCUT2D eigenvalue weighted by Gasteiger charge is -2.31. The number of benzene rings is 3. The molecule has 0 aliphatic carbocycles. The van der Waals surface area contributed by atoms with Crippen molar-refractivity contribution in [3.8, 4) is 5.69 Å². The average Bonchev–Trinajstić information content (AvgIpc) is 3.19. The van der Waals surface area contributed by atoms with Gasteiger partial charge in [0, 0.05) is 22.6 Å². The molecule has 4 nitrogen and oxygen atoms in total. The number of nitrogens with zero attached hydrogens (tertiary/aromatic N) is 2. The molecule has 2 heterocycles. The van der Waals surface area contributed by atoms with E-state index in [1.807, 2.05) is 78.6 Å². The van der Waals surface area contributed by atoms with E-state index in [-0.39, 0.29) is 12.1 Å². The molecule has 1 aromatic heterocycles. The average molecular weight is 428 g/mol. The maximum Gasteiger partial charge on any atom is 0.322 e. The van der Waals surface area contributed by atoms with Crippen LogP contribution >= 0.6 is 11.6 Å². The first-order chi connectivity index (χ1) is 15.1. The van der Waals surface area contributed by atoms with Crippen LogP contribution in [0.5, 0.6) is 0 Å². The van der Waals surface area contributed by atoms with Crippen LogP contribution in [0.25, 0.3) is 5.69 Å². The predicted molar refractivity (Wildman–Crippen MR) is 125 cm³/mol. The Morgan fingerprint density at radius 2 is 1.77 bits per heavy atom. The lowest BCUT2D eigenvalue weighted by molar-refractivity contribution is 0.194. The number of carbonyl (C=O) groups excluding carboxylic acids is 1. The van der Waals surface area contributed by atoms with Crippen molar-refractivity contribution in [1.82, 2.24) is 9.47 Å². The summed E-state index contributed by atoms with van der Waals surface area (Å²) >= 11 is 6.35. The highest BCUT2D eigenvalue weighted by molar-refractivity contribution is 6.30. The minimum Gasteiger partial charge on any atom is -0.318 e. The summed E-state index contributed by atoms with van der Waals surface area (Å²) in [5.74, 6) is 0. The van der Waals surface area contributed by atoms with Crippen LogP contribution in [0.1, 0.15) is 28.4 Å². The molecule has 0 spiro atoms. The zero-order chi connectivity index (χ0) is 21.4. The molecule has 0 saturated heterocycles. The second-order valence-corrected chi connectivity index (χ2v) is 8.20. The molecule has 1 aliphatic rings. The summed E-state index contributed by atoms with van der Waals surface area (Å²) < 4.78 is 2.17. The highest BCUT2D eigenvalue weighted by Crippen LogP contribution is 2.37. The van der Waals surface area contributed by atoms with E-state index in [0.717, 1.165) is 33.8 Å². The van der Waals surface area contributed by atoms with Gasteiger partial charge in [0.15, 0.2) is 0 Å². The Morgan fingerprint density at radius 3 is 2.61 bits per heavy atom. The first-order valence-corrected chi connectivity index (χ1v) is 10.6. The smallest absolute Gasteiger partial charge is 0.318 e. The number of fused-ring (bicyclic) bond motifs is 3. The normalized spacial score (nSPS) is 15.0. The van der Waals surface area contributed by atoms with Crippen LogP contribution in [0.2, 0.25) is 5.02 Å². The number of aromatic nitrogens is 1. The Morgan fingerprint density at radius 1 is 0.968 bits per heavy atom. The van der Waals surface area contributed by atoms with Crippen LogP contribution in [0.15, 0.2) is 91.1 Å². The third-order valence-electron chi connectivity index (χ3n) is 5.78. The summed E-state index contributed by atoms with van der Waals surface area (Å²) in [5, 5.41) is 3.77. The minimum absolute atomic E-state index is 0.149. The van der Waals surface area contributed by atoms with E-state index >= 15 is 0 Å². The summed E-state index contributed by atoms with van der Waals surface area (Å²) in [4.78, 5) is 15.5. The van der Waals surface area contributed by atoms with Crippen molar-refractivity contribution in [2.45, 2.75) is 19.5 Å². The summed E-state index contributed by atoms with van der Waals surface area (Å²) in [6.07, 6.45) is 2.05. The number of nitrogens with one attached hydrogen (secondary N) is 1. The number of carbonyl (C=O) groups is 1. The molecule has 4 aromatic rings. The molecule has 1 aliphatic heterocycles. The Labute approximate surface area is 186 Å². The largest absolute Gasteiger partial charge is 0.322 e. The molecule has 0 radical (unpaired) electrons. The molecule has 31 heavy (non-hydrogen) atoms. The van der Waals surface area contributed by atoms with Gasteiger partial charge in [0.25, 0.3) is 0 Å². The summed E-state index contributed by atoms with van der Waals surface area (Å²) in [6.45, 7) is 2.47. The van der Waals surface area contributed by atoms with Crippen molar-refractivity contribution >= 4 is 23.3 Å². The number of anilines is 1. The SMILES string of the molecule is Cc1ccccc1NC(=O)N1Cc2ccccc2-n2cccc2C1c1cccc(Cl)c1. The number of hydrogen-bond acceptors (Lipinski definition) is 1. The molecule has 154 valence electrons. The summed E-state index contributed by atoms with van der Waals surface area (Å²) in [6, 6.07) is 27.4. The maximum atomic E-state index is 13.7. The van der Waals surface area contributed by atoms with Crippen LogP contribution in [-0.4, -0.2) is 15.5 Å². The molecule has 0 fully saturated rings. The number of halogens is 1. The molecule has 2 amide bonds. The fourth-order valence-electron chi connectivity index (χ4n) is 4.27. The molecule has 0 saturated carbocycles. The number of urea groups is 1. The van der Waals surface area contributed by atoms with Crippen molar-refractivity contribution in [2.24, 2.45) is 0 Å². The van der Waals surface area contributed by atoms with E-state index in [1.54, 1.807) is 0 Å². The van der Waals surface area contributed by atoms with Crippen molar-refractivity contribution in [2.75, 3.05) is 5.32 Å². The zero-order valence-corrected chi connectivity index (χ0v) is 17.9. The maximum absolute atomic E-state index is 13.7. The molecule has 3 aromatic carbocycles. The minimum atomic E-state index is -0.287. The van der Waals surface area contributed by atoms with E-state index in [9.17, 15) is 4.79 Å². The first kappa shape index (κ1) is 19.5. The lowest BCUT2D eigenvalue weighted by atomic mass is 10.0. The monoisotopic (exact) mass is 427 g/mol. The van der Waals surface area contributed by atoms with Crippen LogP contribution in [0.4, 0.5) is 10.5 Å². The van der Waals surface area contributed by atoms with Gasteiger partial charge in [0.05, 0.1) is 18.3 Å². The number of rotatable bonds is 2. The van der Waals surface area contributed by atoms with Gasteiger partial charge < -0.3 is 14.8 Å². The van der Waals surface area contributed by atoms with Gasteiger partial charge in [-0.25, -0.2) is 4.79 Å². The van der Waals surface area contributed by atoms with Gasteiger partial charge in [0.2, 0.25) is 0 Å². The van der Waals surface area contributed by atoms with E-state index in [1.165, 1.54) is 0 Å². The Bertz CT molecular complexity index is 1260. The molecule has 1 N–H and O–H groups in total.